The highest BCUT2D eigenvalue weighted by Crippen LogP contribution is 2.17. The van der Waals surface area contributed by atoms with Gasteiger partial charge in [0.15, 0.2) is 0 Å². The van der Waals surface area contributed by atoms with E-state index in [0.29, 0.717) is 5.56 Å². The Morgan fingerprint density at radius 1 is 1.06 bits per heavy atom. The Morgan fingerprint density at radius 2 is 1.78 bits per heavy atom. The summed E-state index contributed by atoms with van der Waals surface area (Å²) in [6, 6.07) is 13.6. The predicted molar refractivity (Wildman–Crippen MR) is 83.0 cm³/mol. The molecule has 0 atom stereocenters. The van der Waals surface area contributed by atoms with Gasteiger partial charge in [0.25, 0.3) is 5.91 Å². The van der Waals surface area contributed by atoms with Gasteiger partial charge >= 0.3 is 0 Å². The number of hydrogen-bond donors (Lipinski definition) is 1. The molecule has 0 saturated carbocycles. The fraction of sp³-hybridized carbons (Fsp3) is 0.133. The monoisotopic (exact) mass is 351 g/mol. The maximum absolute atomic E-state index is 12.1. The molecule has 92 valence electrons. The summed E-state index contributed by atoms with van der Waals surface area (Å²) in [4.78, 5) is 12.1. The summed E-state index contributed by atoms with van der Waals surface area (Å²) < 4.78 is 0.970. The van der Waals surface area contributed by atoms with Crippen LogP contribution in [0.1, 0.15) is 21.5 Å². The first-order chi connectivity index (χ1) is 8.56. The Balaban J connectivity index is 2.22. The van der Waals surface area contributed by atoms with Crippen LogP contribution in [0.2, 0.25) is 0 Å². The van der Waals surface area contributed by atoms with Crippen molar-refractivity contribution in [2.75, 3.05) is 5.32 Å². The van der Waals surface area contributed by atoms with Gasteiger partial charge in [-0.2, -0.15) is 0 Å². The van der Waals surface area contributed by atoms with E-state index in [-0.39, 0.29) is 5.91 Å². The molecule has 0 saturated heterocycles. The van der Waals surface area contributed by atoms with Crippen molar-refractivity contribution in [3.63, 3.8) is 0 Å². The first-order valence-corrected chi connectivity index (χ1v) is 6.78. The van der Waals surface area contributed by atoms with Crippen molar-refractivity contribution in [2.24, 2.45) is 0 Å². The second kappa shape index (κ2) is 5.52. The summed E-state index contributed by atoms with van der Waals surface area (Å²) in [5, 5.41) is 2.92. The van der Waals surface area contributed by atoms with Crippen LogP contribution in [0.4, 0.5) is 5.69 Å². The Hall–Kier alpha value is -1.36. The van der Waals surface area contributed by atoms with Gasteiger partial charge in [-0.05, 0) is 66.3 Å². The molecule has 3 heteroatoms. The normalized spacial score (nSPS) is 10.2. The van der Waals surface area contributed by atoms with Crippen LogP contribution >= 0.6 is 22.6 Å². The number of carbonyl (C=O) groups excluding carboxylic acids is 1. The summed E-state index contributed by atoms with van der Waals surface area (Å²) in [6.45, 7) is 4.02. The summed E-state index contributed by atoms with van der Waals surface area (Å²) in [5.74, 6) is -0.0648. The third-order valence-electron chi connectivity index (χ3n) is 2.65. The van der Waals surface area contributed by atoms with E-state index in [4.69, 9.17) is 0 Å². The molecule has 2 aromatic rings. The molecule has 2 nitrogen and oxygen atoms in total. The van der Waals surface area contributed by atoms with Crippen LogP contribution in [-0.4, -0.2) is 5.91 Å². The lowest BCUT2D eigenvalue weighted by molar-refractivity contribution is 0.102. The molecule has 0 fully saturated rings. The molecule has 0 aliphatic rings. The highest BCUT2D eigenvalue weighted by molar-refractivity contribution is 14.1. The number of hydrogen-bond acceptors (Lipinski definition) is 1. The Labute approximate surface area is 121 Å². The first-order valence-electron chi connectivity index (χ1n) is 5.70. The Kier molecular flexibility index (Phi) is 4.01. The van der Waals surface area contributed by atoms with Crippen molar-refractivity contribution >= 4 is 34.2 Å². The lowest BCUT2D eigenvalue weighted by Gasteiger charge is -2.08. The topological polar surface area (TPSA) is 29.1 Å². The van der Waals surface area contributed by atoms with Crippen molar-refractivity contribution in [1.82, 2.24) is 0 Å². The van der Waals surface area contributed by atoms with Gasteiger partial charge in [-0.15, -0.1) is 0 Å². The number of benzene rings is 2. The van der Waals surface area contributed by atoms with Crippen LogP contribution in [0.5, 0.6) is 0 Å². The van der Waals surface area contributed by atoms with Crippen molar-refractivity contribution < 1.29 is 4.79 Å². The Bertz CT molecular complexity index is 593. The summed E-state index contributed by atoms with van der Waals surface area (Å²) in [7, 11) is 0. The maximum Gasteiger partial charge on any atom is 0.256 e. The van der Waals surface area contributed by atoms with Crippen molar-refractivity contribution in [3.05, 3.63) is 62.7 Å². The maximum atomic E-state index is 12.1. The molecule has 0 aromatic heterocycles. The molecule has 0 heterocycles. The minimum absolute atomic E-state index is 0.0648. The SMILES string of the molecule is Cc1cccc(NC(=O)c2ccc(C)cc2I)c1. The fourth-order valence-corrected chi connectivity index (χ4v) is 2.64. The molecule has 1 N–H and O–H groups in total. The zero-order valence-electron chi connectivity index (χ0n) is 10.3. The van der Waals surface area contributed by atoms with Gasteiger partial charge in [-0.1, -0.05) is 23.8 Å². The standard InChI is InChI=1S/C15H14INO/c1-10-4-3-5-12(8-10)17-15(18)13-7-6-11(2)9-14(13)16/h3-9H,1-2H3,(H,17,18). The van der Waals surface area contributed by atoms with Gasteiger partial charge in [0.2, 0.25) is 0 Å². The quantitative estimate of drug-likeness (QED) is 0.809. The Morgan fingerprint density at radius 3 is 2.44 bits per heavy atom. The van der Waals surface area contributed by atoms with E-state index in [2.05, 4.69) is 27.9 Å². The zero-order chi connectivity index (χ0) is 13.1. The fourth-order valence-electron chi connectivity index (χ4n) is 1.73. The third kappa shape index (κ3) is 3.10. The van der Waals surface area contributed by atoms with Gasteiger partial charge in [-0.3, -0.25) is 4.79 Å². The van der Waals surface area contributed by atoms with Crippen LogP contribution < -0.4 is 5.32 Å². The van der Waals surface area contributed by atoms with E-state index in [1.165, 1.54) is 0 Å². The van der Waals surface area contributed by atoms with Crippen LogP contribution in [0.3, 0.4) is 0 Å². The highest BCUT2D eigenvalue weighted by Gasteiger charge is 2.09. The van der Waals surface area contributed by atoms with Gasteiger partial charge < -0.3 is 5.32 Å². The second-order valence-corrected chi connectivity index (χ2v) is 5.47. The summed E-state index contributed by atoms with van der Waals surface area (Å²) in [6.07, 6.45) is 0. The van der Waals surface area contributed by atoms with Crippen molar-refractivity contribution in [2.45, 2.75) is 13.8 Å². The molecule has 0 unspecified atom stereocenters. The van der Waals surface area contributed by atoms with E-state index in [9.17, 15) is 4.79 Å². The van der Waals surface area contributed by atoms with E-state index in [1.807, 2.05) is 56.3 Å². The molecule has 0 bridgehead atoms. The van der Waals surface area contributed by atoms with Gasteiger partial charge in [0, 0.05) is 9.26 Å². The smallest absolute Gasteiger partial charge is 0.256 e. The van der Waals surface area contributed by atoms with Gasteiger partial charge in [0.05, 0.1) is 5.56 Å². The minimum atomic E-state index is -0.0648. The van der Waals surface area contributed by atoms with Crippen LogP contribution in [-0.2, 0) is 0 Å². The number of nitrogens with one attached hydrogen (secondary N) is 1. The lowest BCUT2D eigenvalue weighted by Crippen LogP contribution is -2.13. The van der Waals surface area contributed by atoms with E-state index in [1.54, 1.807) is 0 Å². The van der Waals surface area contributed by atoms with Crippen molar-refractivity contribution in [3.8, 4) is 0 Å². The largest absolute Gasteiger partial charge is 0.322 e. The van der Waals surface area contributed by atoms with Crippen molar-refractivity contribution in [1.29, 1.82) is 0 Å². The van der Waals surface area contributed by atoms with E-state index >= 15 is 0 Å². The molecule has 0 radical (unpaired) electrons. The van der Waals surface area contributed by atoms with E-state index < -0.39 is 0 Å². The number of rotatable bonds is 2. The van der Waals surface area contributed by atoms with E-state index in [0.717, 1.165) is 20.4 Å². The number of carbonyl (C=O) groups is 1. The zero-order valence-corrected chi connectivity index (χ0v) is 12.5. The third-order valence-corrected chi connectivity index (χ3v) is 3.54. The number of aryl methyl sites for hydroxylation is 2. The molecule has 2 rings (SSSR count). The molecule has 1 amide bonds. The number of amides is 1. The molecule has 18 heavy (non-hydrogen) atoms. The summed E-state index contributed by atoms with van der Waals surface area (Å²) >= 11 is 2.19. The first kappa shape index (κ1) is 13.1. The predicted octanol–water partition coefficient (Wildman–Crippen LogP) is 4.16. The molecule has 0 spiro atoms. The van der Waals surface area contributed by atoms with Crippen LogP contribution in [0, 0.1) is 17.4 Å². The van der Waals surface area contributed by atoms with Gasteiger partial charge in [0.1, 0.15) is 0 Å². The molecule has 2 aromatic carbocycles. The minimum Gasteiger partial charge on any atom is -0.322 e. The average Bonchev–Trinajstić information content (AvgIpc) is 2.28. The second-order valence-electron chi connectivity index (χ2n) is 4.31. The molecular weight excluding hydrogens is 337 g/mol. The lowest BCUT2D eigenvalue weighted by atomic mass is 10.1. The molecular formula is C15H14INO. The van der Waals surface area contributed by atoms with Crippen LogP contribution in [0.15, 0.2) is 42.5 Å². The summed E-state index contributed by atoms with van der Waals surface area (Å²) in [5.41, 5.74) is 3.83. The van der Waals surface area contributed by atoms with Crippen LogP contribution in [0.25, 0.3) is 0 Å². The average molecular weight is 351 g/mol. The molecule has 0 aliphatic carbocycles. The number of anilines is 1. The van der Waals surface area contributed by atoms with Gasteiger partial charge in [-0.25, -0.2) is 0 Å². The highest BCUT2D eigenvalue weighted by atomic mass is 127. The number of halogens is 1. The molecule has 0 aliphatic heterocycles.